The van der Waals surface area contributed by atoms with E-state index in [1.807, 2.05) is 0 Å². The molecule has 2 nitrogen and oxygen atoms in total. The first kappa shape index (κ1) is 8.26. The van der Waals surface area contributed by atoms with Gasteiger partial charge in [0.1, 0.15) is 0 Å². The summed E-state index contributed by atoms with van der Waals surface area (Å²) in [7, 11) is 0. The van der Waals surface area contributed by atoms with Gasteiger partial charge in [0.25, 0.3) is 0 Å². The van der Waals surface area contributed by atoms with Crippen LogP contribution in [0.3, 0.4) is 0 Å². The number of hydrogen-bond donors (Lipinski definition) is 1. The number of thiophene rings is 1. The summed E-state index contributed by atoms with van der Waals surface area (Å²) in [6.45, 7) is 0. The van der Waals surface area contributed by atoms with E-state index in [0.717, 1.165) is 21.5 Å². The smallest absolute Gasteiger partial charge is 0.336 e. The number of aromatic carboxylic acids is 1. The highest BCUT2D eigenvalue weighted by molar-refractivity contribution is 9.11. The SMILES string of the molecule is O=C(O)c1cc(Br)sc1C1CC1. The maximum absolute atomic E-state index is 10.8. The molecule has 0 atom stereocenters. The first-order valence-electron chi connectivity index (χ1n) is 3.71. The quantitative estimate of drug-likeness (QED) is 0.871. The Kier molecular flexibility index (Phi) is 1.96. The zero-order valence-corrected chi connectivity index (χ0v) is 8.61. The predicted octanol–water partition coefficient (Wildman–Crippen LogP) is 3.09. The molecule has 0 unspecified atom stereocenters. The Morgan fingerprint density at radius 1 is 1.67 bits per heavy atom. The number of carboxylic acids is 1. The average molecular weight is 247 g/mol. The average Bonchev–Trinajstić information content (AvgIpc) is 2.75. The summed E-state index contributed by atoms with van der Waals surface area (Å²) in [4.78, 5) is 11.8. The van der Waals surface area contributed by atoms with Gasteiger partial charge in [-0.25, -0.2) is 4.79 Å². The molecule has 2 rings (SSSR count). The van der Waals surface area contributed by atoms with Crippen molar-refractivity contribution in [2.24, 2.45) is 0 Å². The highest BCUT2D eigenvalue weighted by Crippen LogP contribution is 2.46. The Balaban J connectivity index is 2.43. The van der Waals surface area contributed by atoms with Crippen molar-refractivity contribution in [3.63, 3.8) is 0 Å². The van der Waals surface area contributed by atoms with Gasteiger partial charge in [-0.15, -0.1) is 11.3 Å². The van der Waals surface area contributed by atoms with Crippen LogP contribution in [0.4, 0.5) is 0 Å². The molecule has 0 radical (unpaired) electrons. The molecule has 0 aromatic carbocycles. The predicted molar refractivity (Wildman–Crippen MR) is 51.0 cm³/mol. The molecule has 0 bridgehead atoms. The van der Waals surface area contributed by atoms with Crippen molar-refractivity contribution in [3.05, 3.63) is 20.3 Å². The molecule has 4 heteroatoms. The van der Waals surface area contributed by atoms with E-state index in [-0.39, 0.29) is 0 Å². The lowest BCUT2D eigenvalue weighted by Gasteiger charge is -1.93. The van der Waals surface area contributed by atoms with E-state index in [1.54, 1.807) is 17.4 Å². The van der Waals surface area contributed by atoms with Crippen LogP contribution in [0, 0.1) is 0 Å². The Morgan fingerprint density at radius 3 is 2.83 bits per heavy atom. The van der Waals surface area contributed by atoms with Gasteiger partial charge < -0.3 is 5.11 Å². The molecule has 0 amide bonds. The summed E-state index contributed by atoms with van der Waals surface area (Å²) in [5, 5.41) is 8.84. The van der Waals surface area contributed by atoms with E-state index >= 15 is 0 Å². The minimum absolute atomic E-state index is 0.481. The molecule has 12 heavy (non-hydrogen) atoms. The molecule has 0 aliphatic heterocycles. The van der Waals surface area contributed by atoms with E-state index in [1.165, 1.54) is 0 Å². The highest BCUT2D eigenvalue weighted by Gasteiger charge is 2.30. The minimum Gasteiger partial charge on any atom is -0.478 e. The summed E-state index contributed by atoms with van der Waals surface area (Å²) in [5.41, 5.74) is 0.481. The van der Waals surface area contributed by atoms with E-state index in [0.29, 0.717) is 11.5 Å². The molecule has 1 aliphatic carbocycles. The molecule has 0 saturated heterocycles. The Bertz CT molecular complexity index is 328. The number of halogens is 1. The number of carboxylic acid groups (broad SMARTS) is 1. The Morgan fingerprint density at radius 2 is 2.33 bits per heavy atom. The molecule has 1 aliphatic rings. The van der Waals surface area contributed by atoms with Crippen molar-refractivity contribution < 1.29 is 9.90 Å². The normalized spacial score (nSPS) is 16.4. The first-order chi connectivity index (χ1) is 5.68. The lowest BCUT2D eigenvalue weighted by Crippen LogP contribution is -1.96. The molecule has 1 heterocycles. The van der Waals surface area contributed by atoms with Crippen molar-refractivity contribution in [2.45, 2.75) is 18.8 Å². The second-order valence-corrected chi connectivity index (χ2v) is 5.37. The van der Waals surface area contributed by atoms with Gasteiger partial charge >= 0.3 is 5.97 Å². The molecule has 1 fully saturated rings. The van der Waals surface area contributed by atoms with E-state index < -0.39 is 5.97 Å². The summed E-state index contributed by atoms with van der Waals surface area (Å²) in [5.74, 6) is -0.286. The van der Waals surface area contributed by atoms with Crippen LogP contribution in [-0.4, -0.2) is 11.1 Å². The van der Waals surface area contributed by atoms with Crippen LogP contribution in [0.5, 0.6) is 0 Å². The largest absolute Gasteiger partial charge is 0.478 e. The molecule has 64 valence electrons. The van der Waals surface area contributed by atoms with Crippen LogP contribution in [0.1, 0.15) is 34.0 Å². The molecule has 1 aromatic rings. The lowest BCUT2D eigenvalue weighted by molar-refractivity contribution is 0.0696. The third-order valence-corrected chi connectivity index (χ3v) is 3.71. The van der Waals surface area contributed by atoms with Crippen molar-refractivity contribution >= 4 is 33.2 Å². The van der Waals surface area contributed by atoms with Gasteiger partial charge in [-0.2, -0.15) is 0 Å². The van der Waals surface area contributed by atoms with Gasteiger partial charge in [-0.3, -0.25) is 0 Å². The Labute approximate surface area is 82.3 Å². The number of hydrogen-bond acceptors (Lipinski definition) is 2. The number of carbonyl (C=O) groups is 1. The van der Waals surface area contributed by atoms with Crippen LogP contribution >= 0.6 is 27.3 Å². The van der Waals surface area contributed by atoms with Crippen LogP contribution in [0.25, 0.3) is 0 Å². The van der Waals surface area contributed by atoms with Crippen LogP contribution in [-0.2, 0) is 0 Å². The lowest BCUT2D eigenvalue weighted by atomic mass is 10.2. The third kappa shape index (κ3) is 1.41. The monoisotopic (exact) mass is 246 g/mol. The summed E-state index contributed by atoms with van der Waals surface area (Å²) < 4.78 is 0.918. The minimum atomic E-state index is -0.807. The fraction of sp³-hybridized carbons (Fsp3) is 0.375. The van der Waals surface area contributed by atoms with Gasteiger partial charge in [-0.05, 0) is 40.8 Å². The van der Waals surface area contributed by atoms with Crippen LogP contribution in [0.15, 0.2) is 9.85 Å². The van der Waals surface area contributed by atoms with Gasteiger partial charge in [0.2, 0.25) is 0 Å². The molecule has 1 saturated carbocycles. The van der Waals surface area contributed by atoms with Crippen molar-refractivity contribution in [1.29, 1.82) is 0 Å². The van der Waals surface area contributed by atoms with Crippen LogP contribution in [0.2, 0.25) is 0 Å². The summed E-state index contributed by atoms with van der Waals surface area (Å²) in [6.07, 6.45) is 2.29. The van der Waals surface area contributed by atoms with Gasteiger partial charge in [0.15, 0.2) is 0 Å². The fourth-order valence-electron chi connectivity index (χ4n) is 1.19. The van der Waals surface area contributed by atoms with Crippen molar-refractivity contribution in [1.82, 2.24) is 0 Å². The van der Waals surface area contributed by atoms with Crippen molar-refractivity contribution in [2.75, 3.05) is 0 Å². The molecule has 1 N–H and O–H groups in total. The van der Waals surface area contributed by atoms with Gasteiger partial charge in [0.05, 0.1) is 9.35 Å². The topological polar surface area (TPSA) is 37.3 Å². The van der Waals surface area contributed by atoms with Gasteiger partial charge in [0, 0.05) is 4.88 Å². The second-order valence-electron chi connectivity index (χ2n) is 2.91. The first-order valence-corrected chi connectivity index (χ1v) is 5.32. The van der Waals surface area contributed by atoms with E-state index in [2.05, 4.69) is 15.9 Å². The summed E-state index contributed by atoms with van der Waals surface area (Å²) in [6, 6.07) is 1.70. The van der Waals surface area contributed by atoms with Crippen LogP contribution < -0.4 is 0 Å². The van der Waals surface area contributed by atoms with Gasteiger partial charge in [-0.1, -0.05) is 0 Å². The zero-order valence-electron chi connectivity index (χ0n) is 6.21. The third-order valence-electron chi connectivity index (χ3n) is 1.91. The number of rotatable bonds is 2. The zero-order chi connectivity index (χ0) is 8.72. The standard InChI is InChI=1S/C8H7BrO2S/c9-6-3-5(8(10)11)7(12-6)4-1-2-4/h3-4H,1-2H2,(H,10,11). The maximum atomic E-state index is 10.8. The summed E-state index contributed by atoms with van der Waals surface area (Å²) >= 11 is 4.85. The highest BCUT2D eigenvalue weighted by atomic mass is 79.9. The second kappa shape index (κ2) is 2.85. The molecule has 0 spiro atoms. The molecular formula is C8H7BrO2S. The van der Waals surface area contributed by atoms with Crippen molar-refractivity contribution in [3.8, 4) is 0 Å². The Hall–Kier alpha value is -0.350. The maximum Gasteiger partial charge on any atom is 0.336 e. The van der Waals surface area contributed by atoms with E-state index in [4.69, 9.17) is 5.11 Å². The fourth-order valence-corrected chi connectivity index (χ4v) is 2.99. The van der Waals surface area contributed by atoms with E-state index in [9.17, 15) is 4.79 Å². The molecule has 1 aromatic heterocycles. The molecular weight excluding hydrogens is 240 g/mol.